The molecular formula is HCa2FO4P+. The van der Waals surface area contributed by atoms with Crippen LogP contribution in [-0.4, -0.2) is 75.5 Å². The zero-order chi connectivity index (χ0) is 4.50. The Morgan fingerprint density at radius 1 is 1.00 bits per heavy atom. The first kappa shape index (κ1) is 22.4. The van der Waals surface area contributed by atoms with Crippen LogP contribution in [0.2, 0.25) is 0 Å². The molecule has 0 aliphatic rings. The van der Waals surface area contributed by atoms with Gasteiger partial charge in [-0.2, -0.15) is 7.82 Å². The van der Waals surface area contributed by atoms with Gasteiger partial charge in [-0.05, 0) is 0 Å². The molecule has 0 aromatic carbocycles. The monoisotopic (exact) mass is 195 g/mol. The number of rotatable bonds is 0. The smallest absolute Gasteiger partial charge is 0.822 e. The third-order valence-corrected chi connectivity index (χ3v) is 0. The Hall–Kier alpha value is 2.56. The van der Waals surface area contributed by atoms with Gasteiger partial charge in [-0.15, -0.1) is 0 Å². The van der Waals surface area contributed by atoms with Crippen molar-refractivity contribution in [2.24, 2.45) is 0 Å². The molecule has 0 fully saturated rings. The van der Waals surface area contributed by atoms with Gasteiger partial charge < -0.3 is 19.2 Å². The molecule has 0 aromatic heterocycles. The van der Waals surface area contributed by atoms with Crippen molar-refractivity contribution >= 4 is 83.3 Å². The molecule has 0 aliphatic carbocycles. The van der Waals surface area contributed by atoms with Gasteiger partial charge >= 0.3 is 75.5 Å². The maximum Gasteiger partial charge on any atom is 2.00 e. The Balaban J connectivity index is -0.0000000267. The molecule has 0 rings (SSSR count). The zero-order valence-corrected chi connectivity index (χ0v) is 9.21. The molecule has 0 amide bonds. The van der Waals surface area contributed by atoms with E-state index >= 15 is 0 Å². The van der Waals surface area contributed by atoms with Crippen LogP contribution in [0.3, 0.4) is 0 Å². The predicted octanol–water partition coefficient (Wildman–Crippen LogP) is -3.43. The summed E-state index contributed by atoms with van der Waals surface area (Å²) in [6.07, 6.45) is 0. The third-order valence-electron chi connectivity index (χ3n) is 0. The van der Waals surface area contributed by atoms with E-state index in [-0.39, 0.29) is 80.2 Å². The van der Waals surface area contributed by atoms with E-state index in [2.05, 4.69) is 0 Å². The van der Waals surface area contributed by atoms with Gasteiger partial charge in [0.25, 0.3) is 0 Å². The minimum absolute atomic E-state index is 0. The van der Waals surface area contributed by atoms with E-state index in [1.165, 1.54) is 0 Å². The van der Waals surface area contributed by atoms with Crippen LogP contribution in [0, 0.1) is 0 Å². The molecule has 0 bridgehead atoms. The second kappa shape index (κ2) is 9.56. The minimum atomic E-state index is -5.39. The Morgan fingerprint density at radius 2 is 1.00 bits per heavy atom. The number of phosphoric acid groups is 1. The summed E-state index contributed by atoms with van der Waals surface area (Å²) in [7, 11) is -5.39. The van der Waals surface area contributed by atoms with Gasteiger partial charge in [0.05, 0.1) is 0 Å². The molecule has 0 N–H and O–H groups in total. The van der Waals surface area contributed by atoms with E-state index in [0.29, 0.717) is 0 Å². The fourth-order valence-corrected chi connectivity index (χ4v) is 0. The van der Waals surface area contributed by atoms with Crippen molar-refractivity contribution in [1.82, 2.24) is 0 Å². The van der Waals surface area contributed by atoms with Crippen LogP contribution < -0.4 is 14.7 Å². The minimum Gasteiger partial charge on any atom is -0.822 e. The van der Waals surface area contributed by atoms with Crippen LogP contribution in [0.4, 0.5) is 4.70 Å². The van der Waals surface area contributed by atoms with Crippen molar-refractivity contribution in [3.05, 3.63) is 0 Å². The molecule has 0 aliphatic heterocycles. The first-order valence-electron chi connectivity index (χ1n) is 0.730. The maximum atomic E-state index is 8.55. The van der Waals surface area contributed by atoms with Crippen LogP contribution in [-0.2, 0) is 4.57 Å². The summed E-state index contributed by atoms with van der Waals surface area (Å²) in [4.78, 5) is 25.6. The van der Waals surface area contributed by atoms with E-state index < -0.39 is 7.82 Å². The molecular weight excluding hydrogens is 194 g/mol. The van der Waals surface area contributed by atoms with Crippen LogP contribution in [0.15, 0.2) is 0 Å². The van der Waals surface area contributed by atoms with Gasteiger partial charge in [0.15, 0.2) is 0 Å². The molecule has 40 valence electrons. The predicted molar refractivity (Wildman–Crippen MR) is 21.6 cm³/mol. The number of hydrogen-bond donors (Lipinski definition) is 0. The van der Waals surface area contributed by atoms with E-state index in [1.807, 2.05) is 0 Å². The molecule has 0 saturated carbocycles. The molecule has 0 atom stereocenters. The normalized spacial score (nSPS) is 7.38. The molecule has 0 aromatic rings. The Kier molecular flexibility index (Phi) is 26.8. The molecule has 0 heterocycles. The molecule has 0 unspecified atom stereocenters. The van der Waals surface area contributed by atoms with E-state index in [4.69, 9.17) is 19.2 Å². The quantitative estimate of drug-likeness (QED) is 0.297. The first-order chi connectivity index (χ1) is 2.00. The Morgan fingerprint density at radius 3 is 1.00 bits per heavy atom. The summed E-state index contributed by atoms with van der Waals surface area (Å²) >= 11 is 0. The summed E-state index contributed by atoms with van der Waals surface area (Å²) < 4.78 is 8.55. The van der Waals surface area contributed by atoms with E-state index in [9.17, 15) is 0 Å². The van der Waals surface area contributed by atoms with Gasteiger partial charge in [0.2, 0.25) is 0 Å². The third kappa shape index (κ3) is 74.7. The molecule has 4 nitrogen and oxygen atoms in total. The van der Waals surface area contributed by atoms with Gasteiger partial charge in [0.1, 0.15) is 0 Å². The van der Waals surface area contributed by atoms with Crippen LogP contribution in [0.1, 0.15) is 0 Å². The largest absolute Gasteiger partial charge is 2.00 e. The maximum absolute atomic E-state index is 8.55. The SMILES string of the molecule is F.O=P([O-])([O-])[O-].[Ca+2].[Ca+2]. The van der Waals surface area contributed by atoms with Crippen molar-refractivity contribution in [3.8, 4) is 0 Å². The van der Waals surface area contributed by atoms with Crippen LogP contribution in [0.5, 0.6) is 0 Å². The van der Waals surface area contributed by atoms with Crippen molar-refractivity contribution in [2.75, 3.05) is 0 Å². The van der Waals surface area contributed by atoms with Gasteiger partial charge in [0, 0.05) is 0 Å². The van der Waals surface area contributed by atoms with Crippen molar-refractivity contribution in [3.63, 3.8) is 0 Å². The number of halogens is 1. The molecule has 0 saturated heterocycles. The Bertz CT molecular complexity index is 60.2. The molecule has 8 heavy (non-hydrogen) atoms. The fraction of sp³-hybridized carbons (Fsp3) is 0. The Labute approximate surface area is 105 Å². The summed E-state index contributed by atoms with van der Waals surface area (Å²) in [6.45, 7) is 0. The average molecular weight is 195 g/mol. The van der Waals surface area contributed by atoms with Crippen molar-refractivity contribution in [2.45, 2.75) is 0 Å². The molecule has 0 spiro atoms. The summed E-state index contributed by atoms with van der Waals surface area (Å²) in [5, 5.41) is 0. The van der Waals surface area contributed by atoms with E-state index in [1.54, 1.807) is 0 Å². The number of hydrogen-bond acceptors (Lipinski definition) is 4. The first-order valence-corrected chi connectivity index (χ1v) is 2.19. The molecule has 8 heteroatoms. The second-order valence-corrected chi connectivity index (χ2v) is 1.34. The standard InChI is InChI=1S/2Ca.FH.H3O4P/c;;;1-5(2,3)4/h;;1H;(H3,1,2,3,4)/q2*+2;;/p-3. The van der Waals surface area contributed by atoms with Gasteiger partial charge in [-0.1, -0.05) is 0 Å². The fourth-order valence-electron chi connectivity index (χ4n) is 0. The summed E-state index contributed by atoms with van der Waals surface area (Å²) in [5.74, 6) is 0. The van der Waals surface area contributed by atoms with Crippen molar-refractivity contribution < 1.29 is 23.9 Å². The van der Waals surface area contributed by atoms with E-state index in [0.717, 1.165) is 0 Å². The van der Waals surface area contributed by atoms with Crippen LogP contribution >= 0.6 is 7.82 Å². The second-order valence-electron chi connectivity index (χ2n) is 0.447. The average Bonchev–Trinajstić information content (AvgIpc) is 0.722. The van der Waals surface area contributed by atoms with Gasteiger partial charge in [-0.25, -0.2) is 0 Å². The summed E-state index contributed by atoms with van der Waals surface area (Å²) in [5.41, 5.74) is 0. The topological polar surface area (TPSA) is 86.2 Å². The summed E-state index contributed by atoms with van der Waals surface area (Å²) in [6, 6.07) is 0. The van der Waals surface area contributed by atoms with Crippen molar-refractivity contribution in [1.29, 1.82) is 0 Å². The zero-order valence-electron chi connectivity index (χ0n) is 3.90. The van der Waals surface area contributed by atoms with Crippen LogP contribution in [0.25, 0.3) is 0 Å². The van der Waals surface area contributed by atoms with Gasteiger partial charge in [-0.3, -0.25) is 4.70 Å². The molecule has 0 radical (unpaired) electrons.